The summed E-state index contributed by atoms with van der Waals surface area (Å²) in [5.41, 5.74) is 6.71. The largest absolute Gasteiger partial charge is 0.451 e. The Morgan fingerprint density at radius 2 is 1.79 bits per heavy atom. The van der Waals surface area contributed by atoms with E-state index < -0.39 is 17.7 Å². The summed E-state index contributed by atoms with van der Waals surface area (Å²) in [6.45, 7) is 3.34. The van der Waals surface area contributed by atoms with E-state index in [4.69, 9.17) is 10.5 Å². The van der Waals surface area contributed by atoms with Crippen molar-refractivity contribution in [3.05, 3.63) is 59.2 Å². The number of rotatable bonds is 3. The standard InChI is InChI=1S/C15H15F2NO/c1-9-5-3-8-13(14(9)17)19-15-11(10(2)18)6-4-7-12(15)16/h3-8,10H,18H2,1-2H3/t10-/m0/s1. The van der Waals surface area contributed by atoms with Crippen molar-refractivity contribution in [2.75, 3.05) is 0 Å². The van der Waals surface area contributed by atoms with Crippen LogP contribution in [0.4, 0.5) is 8.78 Å². The minimum Gasteiger partial charge on any atom is -0.451 e. The van der Waals surface area contributed by atoms with Crippen LogP contribution in [0.25, 0.3) is 0 Å². The predicted octanol–water partition coefficient (Wildman–Crippen LogP) is 4.09. The fourth-order valence-corrected chi connectivity index (χ4v) is 1.80. The first-order chi connectivity index (χ1) is 9.00. The van der Waals surface area contributed by atoms with Crippen molar-refractivity contribution in [1.29, 1.82) is 0 Å². The van der Waals surface area contributed by atoms with Crippen molar-refractivity contribution in [1.82, 2.24) is 0 Å². The summed E-state index contributed by atoms with van der Waals surface area (Å²) < 4.78 is 33.1. The Balaban J connectivity index is 2.46. The van der Waals surface area contributed by atoms with Crippen LogP contribution in [0, 0.1) is 18.6 Å². The second kappa shape index (κ2) is 5.36. The first-order valence-electron chi connectivity index (χ1n) is 5.97. The van der Waals surface area contributed by atoms with Gasteiger partial charge in [0.1, 0.15) is 0 Å². The molecule has 0 aliphatic heterocycles. The Kier molecular flexibility index (Phi) is 3.81. The Morgan fingerprint density at radius 1 is 1.11 bits per heavy atom. The van der Waals surface area contributed by atoms with E-state index in [1.807, 2.05) is 0 Å². The number of hydrogen-bond donors (Lipinski definition) is 1. The molecule has 0 aromatic heterocycles. The van der Waals surface area contributed by atoms with Crippen molar-refractivity contribution in [2.24, 2.45) is 5.73 Å². The lowest BCUT2D eigenvalue weighted by atomic mass is 10.1. The Labute approximate surface area is 110 Å². The maximum Gasteiger partial charge on any atom is 0.168 e. The number of benzene rings is 2. The molecule has 0 spiro atoms. The Hall–Kier alpha value is -1.94. The molecule has 0 saturated heterocycles. The SMILES string of the molecule is Cc1cccc(Oc2c(F)cccc2[C@H](C)N)c1F. The molecule has 2 aromatic rings. The van der Waals surface area contributed by atoms with Crippen molar-refractivity contribution in [2.45, 2.75) is 19.9 Å². The van der Waals surface area contributed by atoms with Crippen LogP contribution in [-0.2, 0) is 0 Å². The molecule has 0 unspecified atom stereocenters. The number of hydrogen-bond acceptors (Lipinski definition) is 2. The molecule has 0 aliphatic rings. The lowest BCUT2D eigenvalue weighted by Gasteiger charge is -2.15. The molecule has 0 heterocycles. The van der Waals surface area contributed by atoms with Gasteiger partial charge in [0.15, 0.2) is 23.1 Å². The van der Waals surface area contributed by atoms with Gasteiger partial charge in [0, 0.05) is 11.6 Å². The number of halogens is 2. The van der Waals surface area contributed by atoms with Crippen LogP contribution in [0.3, 0.4) is 0 Å². The maximum absolute atomic E-state index is 13.9. The molecule has 2 rings (SSSR count). The lowest BCUT2D eigenvalue weighted by molar-refractivity contribution is 0.406. The van der Waals surface area contributed by atoms with E-state index in [1.165, 1.54) is 12.1 Å². The van der Waals surface area contributed by atoms with Gasteiger partial charge in [0.2, 0.25) is 0 Å². The van der Waals surface area contributed by atoms with Gasteiger partial charge in [0.25, 0.3) is 0 Å². The predicted molar refractivity (Wildman–Crippen MR) is 70.2 cm³/mol. The van der Waals surface area contributed by atoms with Crippen LogP contribution < -0.4 is 10.5 Å². The molecule has 2 N–H and O–H groups in total. The summed E-state index contributed by atoms with van der Waals surface area (Å²) in [7, 11) is 0. The second-order valence-corrected chi connectivity index (χ2v) is 4.44. The molecular formula is C15H15F2NO. The van der Waals surface area contributed by atoms with E-state index in [2.05, 4.69) is 0 Å². The van der Waals surface area contributed by atoms with E-state index in [1.54, 1.807) is 38.1 Å². The number of nitrogens with two attached hydrogens (primary N) is 1. The normalized spacial score (nSPS) is 12.3. The molecule has 2 nitrogen and oxygen atoms in total. The highest BCUT2D eigenvalue weighted by Gasteiger charge is 2.16. The number of para-hydroxylation sites is 1. The van der Waals surface area contributed by atoms with Gasteiger partial charge < -0.3 is 10.5 Å². The minimum absolute atomic E-state index is 0.00741. The van der Waals surface area contributed by atoms with Gasteiger partial charge >= 0.3 is 0 Å². The summed E-state index contributed by atoms with van der Waals surface area (Å²) in [5.74, 6) is -1.09. The molecule has 4 heteroatoms. The van der Waals surface area contributed by atoms with Gasteiger partial charge in [-0.15, -0.1) is 0 Å². The van der Waals surface area contributed by atoms with Gasteiger partial charge in [-0.1, -0.05) is 24.3 Å². The topological polar surface area (TPSA) is 35.2 Å². The zero-order valence-electron chi connectivity index (χ0n) is 10.8. The number of ether oxygens (including phenoxy) is 1. The third kappa shape index (κ3) is 2.74. The third-order valence-corrected chi connectivity index (χ3v) is 2.86. The molecule has 1 atom stereocenters. The first-order valence-corrected chi connectivity index (χ1v) is 5.97. The van der Waals surface area contributed by atoms with E-state index in [0.29, 0.717) is 11.1 Å². The highest BCUT2D eigenvalue weighted by atomic mass is 19.1. The molecule has 0 saturated carbocycles. The Bertz CT molecular complexity index is 597. The van der Waals surface area contributed by atoms with Crippen molar-refractivity contribution in [3.8, 4) is 11.5 Å². The van der Waals surface area contributed by atoms with Crippen LogP contribution in [-0.4, -0.2) is 0 Å². The monoisotopic (exact) mass is 263 g/mol. The summed E-state index contributed by atoms with van der Waals surface area (Å²) in [6.07, 6.45) is 0. The molecular weight excluding hydrogens is 248 g/mol. The molecule has 0 bridgehead atoms. The fourth-order valence-electron chi connectivity index (χ4n) is 1.80. The quantitative estimate of drug-likeness (QED) is 0.905. The van der Waals surface area contributed by atoms with E-state index in [0.717, 1.165) is 0 Å². The highest BCUT2D eigenvalue weighted by molar-refractivity contribution is 5.42. The zero-order valence-corrected chi connectivity index (χ0v) is 10.8. The minimum atomic E-state index is -0.560. The highest BCUT2D eigenvalue weighted by Crippen LogP contribution is 2.33. The second-order valence-electron chi connectivity index (χ2n) is 4.44. The van der Waals surface area contributed by atoms with Gasteiger partial charge in [-0.2, -0.15) is 0 Å². The smallest absolute Gasteiger partial charge is 0.168 e. The fraction of sp³-hybridized carbons (Fsp3) is 0.200. The Morgan fingerprint density at radius 3 is 2.47 bits per heavy atom. The summed E-state index contributed by atoms with van der Waals surface area (Å²) >= 11 is 0. The maximum atomic E-state index is 13.9. The molecule has 19 heavy (non-hydrogen) atoms. The van der Waals surface area contributed by atoms with Crippen molar-refractivity contribution < 1.29 is 13.5 Å². The summed E-state index contributed by atoms with van der Waals surface area (Å²) in [6, 6.07) is 8.80. The lowest BCUT2D eigenvalue weighted by Crippen LogP contribution is -2.08. The van der Waals surface area contributed by atoms with Crippen molar-refractivity contribution in [3.63, 3.8) is 0 Å². The molecule has 0 fully saturated rings. The summed E-state index contributed by atoms with van der Waals surface area (Å²) in [5, 5.41) is 0. The van der Waals surface area contributed by atoms with Gasteiger partial charge in [-0.25, -0.2) is 8.78 Å². The van der Waals surface area contributed by atoms with Crippen molar-refractivity contribution >= 4 is 0 Å². The first kappa shape index (κ1) is 13.5. The van der Waals surface area contributed by atoms with E-state index in [-0.39, 0.29) is 11.5 Å². The van der Waals surface area contributed by atoms with Crippen LogP contribution >= 0.6 is 0 Å². The molecule has 0 aliphatic carbocycles. The average molecular weight is 263 g/mol. The van der Waals surface area contributed by atoms with Gasteiger partial charge in [-0.3, -0.25) is 0 Å². The molecule has 100 valence electrons. The third-order valence-electron chi connectivity index (χ3n) is 2.86. The molecule has 0 amide bonds. The molecule has 2 aromatic carbocycles. The average Bonchev–Trinajstić information content (AvgIpc) is 2.36. The summed E-state index contributed by atoms with van der Waals surface area (Å²) in [4.78, 5) is 0. The van der Waals surface area contributed by atoms with Crippen LogP contribution in [0.5, 0.6) is 11.5 Å². The van der Waals surface area contributed by atoms with Gasteiger partial charge in [0.05, 0.1) is 0 Å². The van der Waals surface area contributed by atoms with E-state index in [9.17, 15) is 8.78 Å². The zero-order chi connectivity index (χ0) is 14.0. The van der Waals surface area contributed by atoms with Crippen LogP contribution in [0.15, 0.2) is 36.4 Å². The van der Waals surface area contributed by atoms with Gasteiger partial charge in [-0.05, 0) is 31.5 Å². The molecule has 0 radical (unpaired) electrons. The van der Waals surface area contributed by atoms with Crippen LogP contribution in [0.2, 0.25) is 0 Å². The van der Waals surface area contributed by atoms with E-state index >= 15 is 0 Å². The number of aryl methyl sites for hydroxylation is 1. The van der Waals surface area contributed by atoms with Crippen LogP contribution in [0.1, 0.15) is 24.1 Å².